The minimum Gasteiger partial charge on any atom is -0.378 e. The molecule has 2 N–H and O–H groups in total. The number of anilines is 1. The maximum atomic E-state index is 3.82. The summed E-state index contributed by atoms with van der Waals surface area (Å²) in [5, 5.41) is 7.53. The lowest BCUT2D eigenvalue weighted by Gasteiger charge is -2.37. The van der Waals surface area contributed by atoms with Crippen molar-refractivity contribution in [2.24, 2.45) is 5.92 Å². The maximum Gasteiger partial charge on any atom is 0.0560 e. The van der Waals surface area contributed by atoms with Gasteiger partial charge in [-0.2, -0.15) is 0 Å². The maximum absolute atomic E-state index is 3.82. The Labute approximate surface area is 126 Å². The molecule has 4 rings (SSSR count). The molecule has 0 spiro atoms. The summed E-state index contributed by atoms with van der Waals surface area (Å²) in [6.45, 7) is 3.34. The van der Waals surface area contributed by atoms with Gasteiger partial charge in [0.1, 0.15) is 0 Å². The van der Waals surface area contributed by atoms with Crippen LogP contribution in [0.5, 0.6) is 0 Å². The van der Waals surface area contributed by atoms with E-state index < -0.39 is 0 Å². The lowest BCUT2D eigenvalue weighted by atomic mass is 9.80. The van der Waals surface area contributed by atoms with Crippen molar-refractivity contribution in [2.45, 2.75) is 31.8 Å². The van der Waals surface area contributed by atoms with Crippen molar-refractivity contribution >= 4 is 5.69 Å². The highest BCUT2D eigenvalue weighted by Gasteiger charge is 2.39. The number of hydrogen-bond acceptors (Lipinski definition) is 2. The molecular weight excluding hydrogens is 256 g/mol. The number of benzene rings is 2. The fourth-order valence-corrected chi connectivity index (χ4v) is 3.91. The van der Waals surface area contributed by atoms with E-state index >= 15 is 0 Å². The molecule has 2 heterocycles. The van der Waals surface area contributed by atoms with Gasteiger partial charge in [-0.1, -0.05) is 49.4 Å². The summed E-state index contributed by atoms with van der Waals surface area (Å²) in [6, 6.07) is 18.7. The van der Waals surface area contributed by atoms with Crippen LogP contribution in [0.15, 0.2) is 48.5 Å². The Morgan fingerprint density at radius 3 is 2.71 bits per heavy atom. The third-order valence-electron chi connectivity index (χ3n) is 5.03. The molecule has 2 aromatic carbocycles. The summed E-state index contributed by atoms with van der Waals surface area (Å²) in [7, 11) is 0. The molecule has 0 saturated carbocycles. The molecule has 0 aromatic heterocycles. The highest BCUT2D eigenvalue weighted by Crippen LogP contribution is 2.47. The van der Waals surface area contributed by atoms with Gasteiger partial charge in [0.05, 0.1) is 6.04 Å². The number of fused-ring (bicyclic) bond motifs is 3. The zero-order valence-corrected chi connectivity index (χ0v) is 12.5. The predicted molar refractivity (Wildman–Crippen MR) is 87.5 cm³/mol. The number of nitrogens with one attached hydrogen (secondary N) is 2. The second-order valence-corrected chi connectivity index (χ2v) is 6.19. The molecule has 21 heavy (non-hydrogen) atoms. The van der Waals surface area contributed by atoms with Crippen LogP contribution in [-0.4, -0.2) is 6.54 Å². The Morgan fingerprint density at radius 2 is 1.90 bits per heavy atom. The van der Waals surface area contributed by atoms with Gasteiger partial charge in [0, 0.05) is 17.6 Å². The van der Waals surface area contributed by atoms with E-state index in [1.54, 1.807) is 0 Å². The van der Waals surface area contributed by atoms with Crippen molar-refractivity contribution in [3.63, 3.8) is 0 Å². The summed E-state index contributed by atoms with van der Waals surface area (Å²) >= 11 is 0. The molecule has 2 heteroatoms. The first-order chi connectivity index (χ1) is 10.4. The summed E-state index contributed by atoms with van der Waals surface area (Å²) in [6.07, 6.45) is 2.33. The molecule has 2 nitrogen and oxygen atoms in total. The van der Waals surface area contributed by atoms with Gasteiger partial charge in [0.25, 0.3) is 0 Å². The molecule has 2 aliphatic heterocycles. The Kier molecular flexibility index (Phi) is 3.19. The average Bonchev–Trinajstić information content (AvgIpc) is 3.04. The van der Waals surface area contributed by atoms with Crippen molar-refractivity contribution in [2.75, 3.05) is 11.9 Å². The fraction of sp³-hybridized carbons (Fsp3) is 0.368. The van der Waals surface area contributed by atoms with E-state index in [0.29, 0.717) is 18.0 Å². The normalized spacial score (nSPS) is 26.8. The van der Waals surface area contributed by atoms with Crippen molar-refractivity contribution in [1.29, 1.82) is 0 Å². The molecule has 0 bridgehead atoms. The zero-order valence-electron chi connectivity index (χ0n) is 12.5. The molecule has 3 atom stereocenters. The van der Waals surface area contributed by atoms with Gasteiger partial charge in [0.2, 0.25) is 0 Å². The molecule has 0 radical (unpaired) electrons. The van der Waals surface area contributed by atoms with Crippen LogP contribution < -0.4 is 10.6 Å². The summed E-state index contributed by atoms with van der Waals surface area (Å²) < 4.78 is 0. The summed E-state index contributed by atoms with van der Waals surface area (Å²) in [5.74, 6) is 0.646. The Morgan fingerprint density at radius 1 is 1.05 bits per heavy atom. The number of hydrogen-bond donors (Lipinski definition) is 2. The lowest BCUT2D eigenvalue weighted by Crippen LogP contribution is -2.32. The number of aryl methyl sites for hydroxylation is 1. The van der Waals surface area contributed by atoms with Crippen LogP contribution in [0, 0.1) is 5.92 Å². The van der Waals surface area contributed by atoms with Crippen molar-refractivity contribution in [3.8, 4) is 0 Å². The van der Waals surface area contributed by atoms with E-state index in [4.69, 9.17) is 0 Å². The first-order valence-corrected chi connectivity index (χ1v) is 8.04. The van der Waals surface area contributed by atoms with Crippen LogP contribution in [0.3, 0.4) is 0 Å². The predicted octanol–water partition coefficient (Wildman–Crippen LogP) is 4.07. The van der Waals surface area contributed by atoms with Crippen molar-refractivity contribution in [3.05, 3.63) is 65.2 Å². The smallest absolute Gasteiger partial charge is 0.0560 e. The van der Waals surface area contributed by atoms with E-state index in [0.717, 1.165) is 13.0 Å². The van der Waals surface area contributed by atoms with Gasteiger partial charge in [-0.3, -0.25) is 0 Å². The lowest BCUT2D eigenvalue weighted by molar-refractivity contribution is 0.391. The minimum atomic E-state index is 0.422. The van der Waals surface area contributed by atoms with Crippen LogP contribution in [0.4, 0.5) is 5.69 Å². The van der Waals surface area contributed by atoms with Crippen molar-refractivity contribution in [1.82, 2.24) is 5.32 Å². The summed E-state index contributed by atoms with van der Waals surface area (Å²) in [4.78, 5) is 0. The first-order valence-electron chi connectivity index (χ1n) is 8.04. The average molecular weight is 278 g/mol. The SMILES string of the molecule is CCc1ccc2c(c1)NC(c1ccccc1)C1CCNC21. The van der Waals surface area contributed by atoms with E-state index in [-0.39, 0.29) is 0 Å². The molecule has 0 amide bonds. The summed E-state index contributed by atoms with van der Waals surface area (Å²) in [5.41, 5.74) is 5.58. The van der Waals surface area contributed by atoms with Gasteiger partial charge in [-0.05, 0) is 42.1 Å². The van der Waals surface area contributed by atoms with E-state index in [1.807, 2.05) is 0 Å². The minimum absolute atomic E-state index is 0.422. The highest BCUT2D eigenvalue weighted by atomic mass is 15.0. The van der Waals surface area contributed by atoms with Crippen LogP contribution in [0.1, 0.15) is 42.1 Å². The molecule has 1 fully saturated rings. The van der Waals surface area contributed by atoms with Crippen molar-refractivity contribution < 1.29 is 0 Å². The van der Waals surface area contributed by atoms with Crippen LogP contribution >= 0.6 is 0 Å². The van der Waals surface area contributed by atoms with Gasteiger partial charge in [0.15, 0.2) is 0 Å². The topological polar surface area (TPSA) is 24.1 Å². The third kappa shape index (κ3) is 2.14. The standard InChI is InChI=1S/C19H22N2/c1-2-13-8-9-15-17(12-13)21-18(14-6-4-3-5-7-14)16-10-11-20-19(15)16/h3-9,12,16,18-21H,2,10-11H2,1H3. The largest absolute Gasteiger partial charge is 0.378 e. The Balaban J connectivity index is 1.77. The molecule has 2 aliphatic rings. The fourth-order valence-electron chi connectivity index (χ4n) is 3.91. The monoisotopic (exact) mass is 278 g/mol. The van der Waals surface area contributed by atoms with Gasteiger partial charge < -0.3 is 10.6 Å². The number of rotatable bonds is 2. The van der Waals surface area contributed by atoms with E-state index in [9.17, 15) is 0 Å². The molecule has 1 saturated heterocycles. The Hall–Kier alpha value is -1.80. The molecule has 2 aromatic rings. The molecule has 3 unspecified atom stereocenters. The van der Waals surface area contributed by atoms with E-state index in [1.165, 1.54) is 28.8 Å². The van der Waals surface area contributed by atoms with E-state index in [2.05, 4.69) is 66.1 Å². The van der Waals surface area contributed by atoms with Gasteiger partial charge in [-0.15, -0.1) is 0 Å². The quantitative estimate of drug-likeness (QED) is 0.865. The van der Waals surface area contributed by atoms with Crippen LogP contribution in [0.2, 0.25) is 0 Å². The second-order valence-electron chi connectivity index (χ2n) is 6.19. The second kappa shape index (κ2) is 5.19. The molecule has 108 valence electrons. The van der Waals surface area contributed by atoms with Gasteiger partial charge in [-0.25, -0.2) is 0 Å². The molecule has 0 aliphatic carbocycles. The Bertz CT molecular complexity index is 635. The van der Waals surface area contributed by atoms with Crippen LogP contribution in [-0.2, 0) is 6.42 Å². The highest BCUT2D eigenvalue weighted by molar-refractivity contribution is 5.59. The first kappa shape index (κ1) is 12.9. The van der Waals surface area contributed by atoms with Crippen LogP contribution in [0.25, 0.3) is 0 Å². The third-order valence-corrected chi connectivity index (χ3v) is 5.03. The molecular formula is C19H22N2. The van der Waals surface area contributed by atoms with Gasteiger partial charge >= 0.3 is 0 Å². The zero-order chi connectivity index (χ0) is 14.2.